The molecule has 0 aliphatic carbocycles. The van der Waals surface area contributed by atoms with Gasteiger partial charge in [-0.1, -0.05) is 6.92 Å². The first kappa shape index (κ1) is 8.81. The molecule has 0 aromatic heterocycles. The van der Waals surface area contributed by atoms with Crippen LogP contribution in [0.2, 0.25) is 0 Å². The summed E-state index contributed by atoms with van der Waals surface area (Å²) in [5, 5.41) is 8.31. The fourth-order valence-corrected chi connectivity index (χ4v) is 0.414. The Kier molecular flexibility index (Phi) is 3.32. The summed E-state index contributed by atoms with van der Waals surface area (Å²) in [6.07, 6.45) is -0.0706. The quantitative estimate of drug-likeness (QED) is 0.578. The van der Waals surface area contributed by atoms with E-state index in [1.54, 1.807) is 0 Å². The average Bonchev–Trinajstić information content (AvgIpc) is 1.87. The van der Waals surface area contributed by atoms with E-state index in [4.69, 9.17) is 5.11 Å². The van der Waals surface area contributed by atoms with E-state index < -0.39 is 17.8 Å². The maximum atomic E-state index is 10.4. The molecule has 1 unspecified atom stereocenters. The normalized spacial score (nSPS) is 12.1. The van der Waals surface area contributed by atoms with Gasteiger partial charge in [0.2, 0.25) is 5.91 Å². The van der Waals surface area contributed by atoms with Gasteiger partial charge in [-0.05, 0) is 6.72 Å². The third-order valence-electron chi connectivity index (χ3n) is 1.08. The zero-order chi connectivity index (χ0) is 8.15. The predicted octanol–water partition coefficient (Wildman–Crippen LogP) is 0.324. The van der Waals surface area contributed by atoms with Crippen molar-refractivity contribution in [2.24, 2.45) is 10.9 Å². The highest BCUT2D eigenvalue weighted by atomic mass is 16.4. The van der Waals surface area contributed by atoms with Crippen LogP contribution in [0.3, 0.4) is 0 Å². The van der Waals surface area contributed by atoms with Gasteiger partial charge >= 0.3 is 5.97 Å². The van der Waals surface area contributed by atoms with Gasteiger partial charge in [0.1, 0.15) is 0 Å². The van der Waals surface area contributed by atoms with Crippen LogP contribution in [0.4, 0.5) is 0 Å². The van der Waals surface area contributed by atoms with E-state index in [0.717, 1.165) is 0 Å². The summed E-state index contributed by atoms with van der Waals surface area (Å²) in [5.41, 5.74) is 0. The zero-order valence-electron chi connectivity index (χ0n) is 5.70. The van der Waals surface area contributed by atoms with Crippen molar-refractivity contribution in [1.82, 2.24) is 0 Å². The molecule has 0 aliphatic rings. The molecule has 10 heavy (non-hydrogen) atoms. The number of aliphatic carboxylic acids is 1. The number of carbonyl (C=O) groups is 2. The van der Waals surface area contributed by atoms with E-state index in [1.165, 1.54) is 6.92 Å². The average molecular weight is 143 g/mol. The SMILES string of the molecule is C=NC(=O)CC(C)C(=O)O. The van der Waals surface area contributed by atoms with Crippen molar-refractivity contribution < 1.29 is 14.7 Å². The Morgan fingerprint density at radius 2 is 2.20 bits per heavy atom. The van der Waals surface area contributed by atoms with Gasteiger partial charge in [0.15, 0.2) is 0 Å². The molecular formula is C6H9NO3. The molecule has 0 aliphatic heterocycles. The lowest BCUT2D eigenvalue weighted by Crippen LogP contribution is -2.12. The molecule has 0 saturated carbocycles. The molecule has 0 rings (SSSR count). The van der Waals surface area contributed by atoms with Crippen LogP contribution in [0, 0.1) is 5.92 Å². The van der Waals surface area contributed by atoms with Crippen LogP contribution in [0.5, 0.6) is 0 Å². The number of hydrogen-bond donors (Lipinski definition) is 1. The molecule has 0 heterocycles. The maximum Gasteiger partial charge on any atom is 0.306 e. The summed E-state index contributed by atoms with van der Waals surface area (Å²) in [5.74, 6) is -2.13. The van der Waals surface area contributed by atoms with Crippen LogP contribution in [0.25, 0.3) is 0 Å². The molecule has 56 valence electrons. The van der Waals surface area contributed by atoms with E-state index in [0.29, 0.717) is 0 Å². The molecule has 4 nitrogen and oxygen atoms in total. The number of carbonyl (C=O) groups excluding carboxylic acids is 1. The summed E-state index contributed by atoms with van der Waals surface area (Å²) < 4.78 is 0. The van der Waals surface area contributed by atoms with Crippen molar-refractivity contribution in [2.75, 3.05) is 0 Å². The first-order valence-electron chi connectivity index (χ1n) is 2.80. The van der Waals surface area contributed by atoms with Crippen LogP contribution >= 0.6 is 0 Å². The molecule has 1 atom stereocenters. The van der Waals surface area contributed by atoms with E-state index in [1.807, 2.05) is 0 Å². The van der Waals surface area contributed by atoms with Crippen LogP contribution in [-0.4, -0.2) is 23.7 Å². The second-order valence-electron chi connectivity index (χ2n) is 2.00. The van der Waals surface area contributed by atoms with Crippen LogP contribution in [0.15, 0.2) is 4.99 Å². The van der Waals surface area contributed by atoms with Gasteiger partial charge in [-0.2, -0.15) is 0 Å². The highest BCUT2D eigenvalue weighted by molar-refractivity contribution is 5.84. The minimum Gasteiger partial charge on any atom is -0.481 e. The number of carboxylic acid groups (broad SMARTS) is 1. The van der Waals surface area contributed by atoms with Crippen LogP contribution in [0.1, 0.15) is 13.3 Å². The Bertz CT molecular complexity index is 164. The van der Waals surface area contributed by atoms with E-state index in [9.17, 15) is 9.59 Å². The minimum absolute atomic E-state index is 0.0706. The number of carboxylic acids is 1. The van der Waals surface area contributed by atoms with Gasteiger partial charge in [0.05, 0.1) is 5.92 Å². The first-order chi connectivity index (χ1) is 4.57. The van der Waals surface area contributed by atoms with E-state index in [2.05, 4.69) is 11.7 Å². The Morgan fingerprint density at radius 1 is 1.70 bits per heavy atom. The monoisotopic (exact) mass is 143 g/mol. The van der Waals surface area contributed by atoms with E-state index in [-0.39, 0.29) is 6.42 Å². The van der Waals surface area contributed by atoms with Gasteiger partial charge in [-0.25, -0.2) is 4.99 Å². The standard InChI is InChI=1S/C6H9NO3/c1-4(6(9)10)3-5(8)7-2/h4H,2-3H2,1H3,(H,9,10). The lowest BCUT2D eigenvalue weighted by Gasteiger charge is -1.99. The number of aliphatic imine (C=N–C) groups is 1. The molecular weight excluding hydrogens is 134 g/mol. The summed E-state index contributed by atoms with van der Waals surface area (Å²) in [4.78, 5) is 23.6. The second kappa shape index (κ2) is 3.76. The summed E-state index contributed by atoms with van der Waals surface area (Å²) in [7, 11) is 0. The number of hydrogen-bond acceptors (Lipinski definition) is 2. The Morgan fingerprint density at radius 3 is 2.50 bits per heavy atom. The number of nitrogens with zero attached hydrogens (tertiary/aromatic N) is 1. The molecule has 0 radical (unpaired) electrons. The third kappa shape index (κ3) is 2.96. The van der Waals surface area contributed by atoms with Gasteiger partial charge < -0.3 is 5.11 Å². The molecule has 0 aromatic carbocycles. The third-order valence-corrected chi connectivity index (χ3v) is 1.08. The second-order valence-corrected chi connectivity index (χ2v) is 2.00. The molecule has 0 fully saturated rings. The molecule has 0 saturated heterocycles. The molecule has 1 N–H and O–H groups in total. The van der Waals surface area contributed by atoms with Crippen molar-refractivity contribution in [2.45, 2.75) is 13.3 Å². The van der Waals surface area contributed by atoms with Crippen molar-refractivity contribution in [3.05, 3.63) is 0 Å². The Labute approximate surface area is 58.6 Å². The van der Waals surface area contributed by atoms with Crippen LogP contribution in [-0.2, 0) is 9.59 Å². The zero-order valence-corrected chi connectivity index (χ0v) is 5.70. The van der Waals surface area contributed by atoms with Gasteiger partial charge in [-0.3, -0.25) is 9.59 Å². The highest BCUT2D eigenvalue weighted by Crippen LogP contribution is 2.01. The number of amides is 1. The molecule has 0 spiro atoms. The Hall–Kier alpha value is -1.19. The smallest absolute Gasteiger partial charge is 0.306 e. The minimum atomic E-state index is -0.989. The Balaban J connectivity index is 3.79. The topological polar surface area (TPSA) is 66.7 Å². The van der Waals surface area contributed by atoms with Crippen molar-refractivity contribution in [3.8, 4) is 0 Å². The van der Waals surface area contributed by atoms with Crippen molar-refractivity contribution >= 4 is 18.6 Å². The van der Waals surface area contributed by atoms with Gasteiger partial charge in [-0.15, -0.1) is 0 Å². The lowest BCUT2D eigenvalue weighted by atomic mass is 10.1. The summed E-state index contributed by atoms with van der Waals surface area (Å²) in [6, 6.07) is 0. The molecule has 4 heteroatoms. The fraction of sp³-hybridized carbons (Fsp3) is 0.500. The summed E-state index contributed by atoms with van der Waals surface area (Å²) in [6.45, 7) is 4.43. The first-order valence-corrected chi connectivity index (χ1v) is 2.80. The summed E-state index contributed by atoms with van der Waals surface area (Å²) >= 11 is 0. The van der Waals surface area contributed by atoms with Crippen LogP contribution < -0.4 is 0 Å². The van der Waals surface area contributed by atoms with Crippen molar-refractivity contribution in [3.63, 3.8) is 0 Å². The van der Waals surface area contributed by atoms with Gasteiger partial charge in [0.25, 0.3) is 0 Å². The van der Waals surface area contributed by atoms with Gasteiger partial charge in [0, 0.05) is 6.42 Å². The number of rotatable bonds is 3. The molecule has 1 amide bonds. The predicted molar refractivity (Wildman–Crippen MR) is 36.0 cm³/mol. The molecule has 0 aromatic rings. The fourth-order valence-electron chi connectivity index (χ4n) is 0.414. The lowest BCUT2D eigenvalue weighted by molar-refractivity contribution is -0.142. The molecule has 0 bridgehead atoms. The maximum absolute atomic E-state index is 10.4. The van der Waals surface area contributed by atoms with Crippen molar-refractivity contribution in [1.29, 1.82) is 0 Å². The van der Waals surface area contributed by atoms with E-state index >= 15 is 0 Å². The highest BCUT2D eigenvalue weighted by Gasteiger charge is 2.13. The largest absolute Gasteiger partial charge is 0.481 e.